The van der Waals surface area contributed by atoms with Gasteiger partial charge >= 0.3 is 0 Å². The molecule has 0 amide bonds. The van der Waals surface area contributed by atoms with E-state index in [0.29, 0.717) is 17.2 Å². The molecule has 0 radical (unpaired) electrons. The van der Waals surface area contributed by atoms with Gasteiger partial charge in [-0.15, -0.1) is 11.3 Å². The molecule has 0 spiro atoms. The molecule has 0 unspecified atom stereocenters. The summed E-state index contributed by atoms with van der Waals surface area (Å²) in [5.74, 6) is -0.312. The van der Waals surface area contributed by atoms with Gasteiger partial charge in [0.15, 0.2) is 0 Å². The van der Waals surface area contributed by atoms with Crippen LogP contribution in [0.3, 0.4) is 0 Å². The van der Waals surface area contributed by atoms with Crippen molar-refractivity contribution in [1.29, 1.82) is 0 Å². The average molecular weight is 350 g/mol. The van der Waals surface area contributed by atoms with Gasteiger partial charge in [0.25, 0.3) is 10.0 Å². The summed E-state index contributed by atoms with van der Waals surface area (Å²) in [5, 5.41) is 0.766. The standard InChI is InChI=1S/C16H15FN2O2S2/c1-10-2-5-16(22-10)23(20,21)19-7-6-15-13(9-19)12-8-11(17)3-4-14(12)18-15/h2-5,8,18H,6-7,9H2,1H3. The Kier molecular flexibility index (Phi) is 3.33. The van der Waals surface area contributed by atoms with Gasteiger partial charge in [-0.3, -0.25) is 0 Å². The molecule has 0 atom stereocenters. The molecule has 0 fully saturated rings. The first-order chi connectivity index (χ1) is 10.9. The molecule has 7 heteroatoms. The van der Waals surface area contributed by atoms with Crippen molar-refractivity contribution < 1.29 is 12.8 Å². The van der Waals surface area contributed by atoms with Gasteiger partial charge in [0, 0.05) is 41.0 Å². The largest absolute Gasteiger partial charge is 0.358 e. The van der Waals surface area contributed by atoms with Crippen LogP contribution in [0.5, 0.6) is 0 Å². The molecule has 0 saturated heterocycles. The van der Waals surface area contributed by atoms with Crippen LogP contribution in [-0.4, -0.2) is 24.3 Å². The van der Waals surface area contributed by atoms with Crippen LogP contribution in [0.1, 0.15) is 16.1 Å². The Morgan fingerprint density at radius 2 is 2.09 bits per heavy atom. The summed E-state index contributed by atoms with van der Waals surface area (Å²) >= 11 is 1.28. The van der Waals surface area contributed by atoms with Crippen LogP contribution < -0.4 is 0 Å². The average Bonchev–Trinajstić information content (AvgIpc) is 3.10. The number of H-pyrrole nitrogens is 1. The minimum Gasteiger partial charge on any atom is -0.358 e. The zero-order valence-corrected chi connectivity index (χ0v) is 14.1. The molecule has 3 aromatic rings. The highest BCUT2D eigenvalue weighted by Gasteiger charge is 2.31. The second-order valence-electron chi connectivity index (χ2n) is 5.73. The number of benzene rings is 1. The highest BCUT2D eigenvalue weighted by atomic mass is 32.2. The van der Waals surface area contributed by atoms with Gasteiger partial charge in [-0.2, -0.15) is 4.31 Å². The van der Waals surface area contributed by atoms with Crippen molar-refractivity contribution >= 4 is 32.3 Å². The van der Waals surface area contributed by atoms with Crippen LogP contribution in [0.25, 0.3) is 10.9 Å². The minimum absolute atomic E-state index is 0.276. The molecule has 2 aromatic heterocycles. The Balaban J connectivity index is 1.76. The number of aryl methyl sites for hydroxylation is 1. The number of halogens is 1. The van der Waals surface area contributed by atoms with E-state index in [2.05, 4.69) is 4.98 Å². The van der Waals surface area contributed by atoms with E-state index in [1.165, 1.54) is 27.8 Å². The fraction of sp³-hybridized carbons (Fsp3) is 0.250. The van der Waals surface area contributed by atoms with E-state index in [4.69, 9.17) is 0 Å². The Hall–Kier alpha value is -1.70. The van der Waals surface area contributed by atoms with Crippen LogP contribution in [0.2, 0.25) is 0 Å². The molecular weight excluding hydrogens is 335 g/mol. The van der Waals surface area contributed by atoms with Gasteiger partial charge in [0.1, 0.15) is 10.0 Å². The lowest BCUT2D eigenvalue weighted by atomic mass is 10.1. The zero-order valence-electron chi connectivity index (χ0n) is 12.5. The number of aromatic amines is 1. The van der Waals surface area contributed by atoms with E-state index in [1.807, 2.05) is 13.0 Å². The fourth-order valence-electron chi connectivity index (χ4n) is 3.04. The number of fused-ring (bicyclic) bond motifs is 3. The molecule has 1 aliphatic rings. The lowest BCUT2D eigenvalue weighted by molar-refractivity contribution is 0.392. The third-order valence-corrected chi connectivity index (χ3v) is 7.53. The van der Waals surface area contributed by atoms with Crippen LogP contribution >= 0.6 is 11.3 Å². The molecule has 4 nitrogen and oxygen atoms in total. The molecule has 0 bridgehead atoms. The monoisotopic (exact) mass is 350 g/mol. The zero-order chi connectivity index (χ0) is 16.2. The van der Waals surface area contributed by atoms with Crippen molar-refractivity contribution in [2.24, 2.45) is 0 Å². The van der Waals surface area contributed by atoms with Crippen LogP contribution in [0, 0.1) is 12.7 Å². The molecule has 0 saturated carbocycles. The number of sulfonamides is 1. The van der Waals surface area contributed by atoms with E-state index < -0.39 is 10.0 Å². The fourth-order valence-corrected chi connectivity index (χ4v) is 5.89. The van der Waals surface area contributed by atoms with Crippen LogP contribution in [-0.2, 0) is 23.0 Å². The van der Waals surface area contributed by atoms with Gasteiger partial charge in [-0.05, 0) is 42.8 Å². The summed E-state index contributed by atoms with van der Waals surface area (Å²) in [6.07, 6.45) is 0.606. The number of rotatable bonds is 2. The first-order valence-electron chi connectivity index (χ1n) is 7.31. The molecular formula is C16H15FN2O2S2. The van der Waals surface area contributed by atoms with E-state index in [9.17, 15) is 12.8 Å². The molecule has 1 N–H and O–H groups in total. The second-order valence-corrected chi connectivity index (χ2v) is 9.18. The van der Waals surface area contributed by atoms with Crippen molar-refractivity contribution in [3.05, 3.63) is 52.3 Å². The number of hydrogen-bond acceptors (Lipinski definition) is 3. The van der Waals surface area contributed by atoms with Gasteiger partial charge in [-0.1, -0.05) is 0 Å². The summed E-state index contributed by atoms with van der Waals surface area (Å²) in [7, 11) is -3.50. The molecule has 0 aliphatic carbocycles. The predicted octanol–water partition coefficient (Wildman–Crippen LogP) is 3.42. The Bertz CT molecular complexity index is 1000. The van der Waals surface area contributed by atoms with E-state index in [0.717, 1.165) is 27.0 Å². The predicted molar refractivity (Wildman–Crippen MR) is 88.6 cm³/mol. The summed E-state index contributed by atoms with van der Waals surface area (Å²) in [5.41, 5.74) is 2.73. The quantitative estimate of drug-likeness (QED) is 0.770. The van der Waals surface area contributed by atoms with Crippen molar-refractivity contribution in [3.8, 4) is 0 Å². The maximum absolute atomic E-state index is 13.5. The maximum Gasteiger partial charge on any atom is 0.252 e. The molecule has 3 heterocycles. The summed E-state index contributed by atoms with van der Waals surface area (Å²) in [4.78, 5) is 4.24. The maximum atomic E-state index is 13.5. The lowest BCUT2D eigenvalue weighted by Gasteiger charge is -2.25. The number of nitrogens with zero attached hydrogens (tertiary/aromatic N) is 1. The highest BCUT2D eigenvalue weighted by Crippen LogP contribution is 2.32. The van der Waals surface area contributed by atoms with Crippen LogP contribution in [0.4, 0.5) is 4.39 Å². The van der Waals surface area contributed by atoms with Gasteiger partial charge < -0.3 is 4.98 Å². The van der Waals surface area contributed by atoms with Crippen LogP contribution in [0.15, 0.2) is 34.5 Å². The molecule has 120 valence electrons. The highest BCUT2D eigenvalue weighted by molar-refractivity contribution is 7.91. The second kappa shape index (κ2) is 5.15. The Morgan fingerprint density at radius 1 is 1.26 bits per heavy atom. The number of thiophene rings is 1. The SMILES string of the molecule is Cc1ccc(S(=O)(=O)N2CCc3[nH]c4ccc(F)cc4c3C2)s1. The lowest BCUT2D eigenvalue weighted by Crippen LogP contribution is -2.35. The molecule has 1 aromatic carbocycles. The molecule has 23 heavy (non-hydrogen) atoms. The first kappa shape index (κ1) is 14.9. The van der Waals surface area contributed by atoms with E-state index in [1.54, 1.807) is 12.1 Å². The van der Waals surface area contributed by atoms with E-state index in [-0.39, 0.29) is 12.4 Å². The third kappa shape index (κ3) is 2.39. The topological polar surface area (TPSA) is 53.2 Å². The summed E-state index contributed by atoms with van der Waals surface area (Å²) in [6, 6.07) is 8.04. The van der Waals surface area contributed by atoms with Crippen molar-refractivity contribution in [1.82, 2.24) is 9.29 Å². The normalized spacial score (nSPS) is 15.9. The number of hydrogen-bond donors (Lipinski definition) is 1. The van der Waals surface area contributed by atoms with Gasteiger partial charge in [-0.25, -0.2) is 12.8 Å². The number of nitrogens with one attached hydrogen (secondary N) is 1. The van der Waals surface area contributed by atoms with Crippen molar-refractivity contribution in [3.63, 3.8) is 0 Å². The van der Waals surface area contributed by atoms with Crippen molar-refractivity contribution in [2.75, 3.05) is 6.54 Å². The molecule has 4 rings (SSSR count). The summed E-state index contributed by atoms with van der Waals surface area (Å²) in [6.45, 7) is 2.60. The smallest absolute Gasteiger partial charge is 0.252 e. The molecule has 1 aliphatic heterocycles. The Labute approximate surface area is 137 Å². The van der Waals surface area contributed by atoms with Crippen molar-refractivity contribution in [2.45, 2.75) is 24.1 Å². The first-order valence-corrected chi connectivity index (χ1v) is 9.56. The summed E-state index contributed by atoms with van der Waals surface area (Å²) < 4.78 is 41.0. The van der Waals surface area contributed by atoms with Gasteiger partial charge in [0.2, 0.25) is 0 Å². The number of aromatic nitrogens is 1. The van der Waals surface area contributed by atoms with Gasteiger partial charge in [0.05, 0.1) is 0 Å². The van der Waals surface area contributed by atoms with E-state index >= 15 is 0 Å². The minimum atomic E-state index is -3.50. The Morgan fingerprint density at radius 3 is 2.83 bits per heavy atom. The third-order valence-electron chi connectivity index (χ3n) is 4.21.